The lowest BCUT2D eigenvalue weighted by Gasteiger charge is -2.19. The van der Waals surface area contributed by atoms with Crippen LogP contribution in [0.15, 0.2) is 18.3 Å². The molecule has 2 N–H and O–H groups in total. The summed E-state index contributed by atoms with van der Waals surface area (Å²) in [6, 6.07) is 0.515. The zero-order valence-corrected chi connectivity index (χ0v) is 11.4. The van der Waals surface area contributed by atoms with Crippen LogP contribution >= 0.6 is 0 Å². The lowest BCUT2D eigenvalue weighted by Crippen LogP contribution is -2.45. The highest BCUT2D eigenvalue weighted by molar-refractivity contribution is 5.95. The summed E-state index contributed by atoms with van der Waals surface area (Å²) >= 11 is 0. The molecule has 1 aromatic rings. The van der Waals surface area contributed by atoms with Crippen LogP contribution in [0.5, 0.6) is 0 Å². The van der Waals surface area contributed by atoms with Crippen molar-refractivity contribution in [1.29, 1.82) is 0 Å². The van der Waals surface area contributed by atoms with Gasteiger partial charge in [0.2, 0.25) is 0 Å². The second kappa shape index (κ2) is 6.55. The Labute approximate surface area is 119 Å². The van der Waals surface area contributed by atoms with Crippen molar-refractivity contribution in [3.05, 3.63) is 29.6 Å². The minimum Gasteiger partial charge on any atom is -0.480 e. The van der Waals surface area contributed by atoms with Gasteiger partial charge in [0.15, 0.2) is 0 Å². The Bertz CT molecular complexity index is 514. The molecule has 1 amide bonds. The van der Waals surface area contributed by atoms with E-state index in [1.807, 2.05) is 0 Å². The van der Waals surface area contributed by atoms with Crippen LogP contribution in [0.1, 0.15) is 36.3 Å². The standard InChI is InChI=1S/C13H15F3N2O3/c1-3-7(2)10(12(20)21)18-11(19)9-5-4-8(6-17-9)13(14,15)16/h4-7,10H,3H2,1-2H3,(H,18,19)(H,20,21)/t7-,10-/m0/s1. The van der Waals surface area contributed by atoms with E-state index in [4.69, 9.17) is 5.11 Å². The van der Waals surface area contributed by atoms with Gasteiger partial charge < -0.3 is 10.4 Å². The van der Waals surface area contributed by atoms with Gasteiger partial charge in [0.05, 0.1) is 5.56 Å². The van der Waals surface area contributed by atoms with Crippen molar-refractivity contribution in [2.45, 2.75) is 32.5 Å². The van der Waals surface area contributed by atoms with Crippen LogP contribution in [0.4, 0.5) is 13.2 Å². The van der Waals surface area contributed by atoms with E-state index in [1.54, 1.807) is 13.8 Å². The number of carbonyl (C=O) groups excluding carboxylic acids is 1. The molecule has 5 nitrogen and oxygen atoms in total. The predicted molar refractivity (Wildman–Crippen MR) is 67.6 cm³/mol. The smallest absolute Gasteiger partial charge is 0.417 e. The number of carboxylic acid groups (broad SMARTS) is 1. The number of pyridine rings is 1. The minimum absolute atomic E-state index is 0.266. The van der Waals surface area contributed by atoms with Crippen LogP contribution in [0, 0.1) is 5.92 Å². The molecule has 8 heteroatoms. The van der Waals surface area contributed by atoms with E-state index in [1.165, 1.54) is 0 Å². The molecule has 0 aliphatic carbocycles. The van der Waals surface area contributed by atoms with Gasteiger partial charge in [-0.25, -0.2) is 4.79 Å². The summed E-state index contributed by atoms with van der Waals surface area (Å²) in [5.41, 5.74) is -1.24. The van der Waals surface area contributed by atoms with Crippen molar-refractivity contribution in [2.75, 3.05) is 0 Å². The number of nitrogens with zero attached hydrogens (tertiary/aromatic N) is 1. The van der Waals surface area contributed by atoms with Gasteiger partial charge >= 0.3 is 12.1 Å². The third-order valence-corrected chi connectivity index (χ3v) is 3.09. The molecule has 1 heterocycles. The molecule has 0 bridgehead atoms. The number of nitrogens with one attached hydrogen (secondary N) is 1. The summed E-state index contributed by atoms with van der Waals surface area (Å²) in [4.78, 5) is 26.3. The van der Waals surface area contributed by atoms with Crippen LogP contribution in [0.3, 0.4) is 0 Å². The molecule has 0 fully saturated rings. The zero-order valence-electron chi connectivity index (χ0n) is 11.4. The lowest BCUT2D eigenvalue weighted by atomic mass is 9.99. The fourth-order valence-corrected chi connectivity index (χ4v) is 1.59. The first-order chi connectivity index (χ1) is 9.66. The molecule has 0 spiro atoms. The number of aliphatic carboxylic acids is 1. The zero-order chi connectivity index (χ0) is 16.2. The minimum atomic E-state index is -4.54. The molecule has 116 valence electrons. The summed E-state index contributed by atoms with van der Waals surface area (Å²) < 4.78 is 37.1. The molecule has 0 aromatic carbocycles. The predicted octanol–water partition coefficient (Wildman–Crippen LogP) is 2.33. The summed E-state index contributed by atoms with van der Waals surface area (Å²) in [6.45, 7) is 3.42. The Balaban J connectivity index is 2.86. The Hall–Kier alpha value is -2.12. The number of rotatable bonds is 5. The molecule has 0 aliphatic heterocycles. The monoisotopic (exact) mass is 304 g/mol. The number of hydrogen-bond donors (Lipinski definition) is 2. The summed E-state index contributed by atoms with van der Waals surface area (Å²) in [7, 11) is 0. The molecule has 0 aliphatic rings. The molecular weight excluding hydrogens is 289 g/mol. The van der Waals surface area contributed by atoms with Crippen molar-refractivity contribution in [2.24, 2.45) is 5.92 Å². The summed E-state index contributed by atoms with van der Waals surface area (Å²) in [5.74, 6) is -2.35. The molecule has 1 aromatic heterocycles. The van der Waals surface area contributed by atoms with Crippen molar-refractivity contribution in [3.8, 4) is 0 Å². The maximum Gasteiger partial charge on any atom is 0.417 e. The molecule has 0 saturated carbocycles. The fourth-order valence-electron chi connectivity index (χ4n) is 1.59. The summed E-state index contributed by atoms with van der Waals surface area (Å²) in [5, 5.41) is 11.3. The lowest BCUT2D eigenvalue weighted by molar-refractivity contribution is -0.140. The quantitative estimate of drug-likeness (QED) is 0.875. The van der Waals surface area contributed by atoms with Gasteiger partial charge in [-0.05, 0) is 18.1 Å². The van der Waals surface area contributed by atoms with Gasteiger partial charge in [0.25, 0.3) is 5.91 Å². The Kier molecular flexibility index (Phi) is 5.28. The average molecular weight is 304 g/mol. The van der Waals surface area contributed by atoms with E-state index in [0.29, 0.717) is 12.6 Å². The number of aromatic nitrogens is 1. The SMILES string of the molecule is CC[C@H](C)[C@H](NC(=O)c1ccc(C(F)(F)F)cn1)C(=O)O. The number of halogens is 3. The first kappa shape index (κ1) is 16.9. The number of alkyl halides is 3. The molecule has 0 radical (unpaired) electrons. The third-order valence-electron chi connectivity index (χ3n) is 3.09. The molecule has 0 saturated heterocycles. The van der Waals surface area contributed by atoms with Crippen LogP contribution in [0.2, 0.25) is 0 Å². The van der Waals surface area contributed by atoms with Crippen LogP contribution in [-0.2, 0) is 11.0 Å². The van der Waals surface area contributed by atoms with E-state index >= 15 is 0 Å². The van der Waals surface area contributed by atoms with Crippen molar-refractivity contribution in [1.82, 2.24) is 10.3 Å². The van der Waals surface area contributed by atoms with Crippen molar-refractivity contribution in [3.63, 3.8) is 0 Å². The van der Waals surface area contributed by atoms with E-state index in [-0.39, 0.29) is 11.6 Å². The largest absolute Gasteiger partial charge is 0.480 e. The molecule has 0 unspecified atom stereocenters. The number of amides is 1. The summed E-state index contributed by atoms with van der Waals surface area (Å²) in [6.07, 6.45) is -3.48. The van der Waals surface area contributed by atoms with Gasteiger partial charge in [0.1, 0.15) is 11.7 Å². The first-order valence-corrected chi connectivity index (χ1v) is 6.23. The van der Waals surface area contributed by atoms with E-state index in [9.17, 15) is 22.8 Å². The van der Waals surface area contributed by atoms with Gasteiger partial charge in [-0.15, -0.1) is 0 Å². The van der Waals surface area contributed by atoms with Crippen molar-refractivity contribution < 1.29 is 27.9 Å². The second-order valence-electron chi connectivity index (χ2n) is 4.60. The highest BCUT2D eigenvalue weighted by atomic mass is 19.4. The molecule has 1 rings (SSSR count). The highest BCUT2D eigenvalue weighted by Gasteiger charge is 2.31. The fraction of sp³-hybridized carbons (Fsp3) is 0.462. The maximum atomic E-state index is 12.4. The topological polar surface area (TPSA) is 79.3 Å². The number of hydrogen-bond acceptors (Lipinski definition) is 3. The molecule has 21 heavy (non-hydrogen) atoms. The normalized spacial score (nSPS) is 14.3. The maximum absolute atomic E-state index is 12.4. The Morgan fingerprint density at radius 1 is 1.38 bits per heavy atom. The third kappa shape index (κ3) is 4.44. The first-order valence-electron chi connectivity index (χ1n) is 6.23. The van der Waals surface area contributed by atoms with E-state index < -0.39 is 29.7 Å². The van der Waals surface area contributed by atoms with Gasteiger partial charge in [-0.1, -0.05) is 20.3 Å². The molecule has 2 atom stereocenters. The van der Waals surface area contributed by atoms with E-state index in [2.05, 4.69) is 10.3 Å². The van der Waals surface area contributed by atoms with Gasteiger partial charge in [0, 0.05) is 6.20 Å². The van der Waals surface area contributed by atoms with Crippen LogP contribution in [-0.4, -0.2) is 28.0 Å². The second-order valence-corrected chi connectivity index (χ2v) is 4.60. The Morgan fingerprint density at radius 2 is 2.00 bits per heavy atom. The van der Waals surface area contributed by atoms with Gasteiger partial charge in [-0.3, -0.25) is 9.78 Å². The molecular formula is C13H15F3N2O3. The number of carboxylic acids is 1. The van der Waals surface area contributed by atoms with Crippen molar-refractivity contribution >= 4 is 11.9 Å². The van der Waals surface area contributed by atoms with Crippen LogP contribution < -0.4 is 5.32 Å². The van der Waals surface area contributed by atoms with Gasteiger partial charge in [-0.2, -0.15) is 13.2 Å². The van der Waals surface area contributed by atoms with Crippen LogP contribution in [0.25, 0.3) is 0 Å². The number of carbonyl (C=O) groups is 2. The average Bonchev–Trinajstić information content (AvgIpc) is 2.42. The van der Waals surface area contributed by atoms with E-state index in [0.717, 1.165) is 12.1 Å². The Morgan fingerprint density at radius 3 is 2.38 bits per heavy atom. The highest BCUT2D eigenvalue weighted by Crippen LogP contribution is 2.28.